The predicted molar refractivity (Wildman–Crippen MR) is 106 cm³/mol. The summed E-state index contributed by atoms with van der Waals surface area (Å²) in [5, 5.41) is 0.372. The second-order valence-electron chi connectivity index (χ2n) is 7.79. The molecule has 30 heavy (non-hydrogen) atoms. The number of halogens is 2. The molecule has 5 rings (SSSR count). The minimum Gasteiger partial charge on any atom is -0.372 e. The van der Waals surface area contributed by atoms with Gasteiger partial charge in [0.15, 0.2) is 0 Å². The van der Waals surface area contributed by atoms with Crippen LogP contribution in [-0.4, -0.2) is 43.6 Å². The largest absolute Gasteiger partial charge is 0.372 e. The first-order chi connectivity index (χ1) is 14.6. The van der Waals surface area contributed by atoms with Gasteiger partial charge in [-0.2, -0.15) is 0 Å². The molecule has 0 amide bonds. The molecule has 2 aromatic heterocycles. The van der Waals surface area contributed by atoms with Crippen LogP contribution in [0.15, 0.2) is 35.3 Å². The summed E-state index contributed by atoms with van der Waals surface area (Å²) < 4.78 is 35.5. The van der Waals surface area contributed by atoms with Gasteiger partial charge in [0.2, 0.25) is 0 Å². The third-order valence-electron chi connectivity index (χ3n) is 5.95. The summed E-state index contributed by atoms with van der Waals surface area (Å²) in [6, 6.07) is 6.75. The van der Waals surface area contributed by atoms with Crippen molar-refractivity contribution in [3.63, 3.8) is 0 Å². The molecular formula is C21H23F2N5O2. The lowest BCUT2D eigenvalue weighted by Gasteiger charge is -2.27. The van der Waals surface area contributed by atoms with Gasteiger partial charge in [0.25, 0.3) is 12.0 Å². The van der Waals surface area contributed by atoms with Gasteiger partial charge in [0.05, 0.1) is 35.8 Å². The molecule has 1 saturated heterocycles. The Kier molecular flexibility index (Phi) is 5.08. The van der Waals surface area contributed by atoms with Gasteiger partial charge in [-0.15, -0.1) is 0 Å². The maximum absolute atomic E-state index is 13.3. The van der Waals surface area contributed by atoms with Gasteiger partial charge < -0.3 is 9.30 Å². The maximum atomic E-state index is 13.3. The number of ether oxygens (including phenoxy) is 1. The highest BCUT2D eigenvalue weighted by atomic mass is 19.3. The highest BCUT2D eigenvalue weighted by molar-refractivity contribution is 5.77. The summed E-state index contributed by atoms with van der Waals surface area (Å²) in [6.45, 7) is 2.72. The number of likely N-dealkylation sites (tertiary alicyclic amines) is 1. The van der Waals surface area contributed by atoms with Crippen molar-refractivity contribution in [2.75, 3.05) is 13.2 Å². The number of nitrogens with zero attached hydrogens (tertiary/aromatic N) is 5. The van der Waals surface area contributed by atoms with Crippen LogP contribution in [0.3, 0.4) is 0 Å². The van der Waals surface area contributed by atoms with Crippen LogP contribution >= 0.6 is 0 Å². The van der Waals surface area contributed by atoms with Crippen LogP contribution in [0.25, 0.3) is 10.9 Å². The van der Waals surface area contributed by atoms with Crippen molar-refractivity contribution in [2.24, 2.45) is 0 Å². The molecule has 1 aromatic carbocycles. The molecule has 2 aliphatic rings. The standard InChI is InChI=1S/C21H23F2N5O2/c22-18(23)12-28-20(25-16-5-2-1-4-15(16)21(28)29)17-6-3-7-26(17)11-14-10-24-19-13-30-9-8-27(14)19/h1-2,4-5,10,17-18H,3,6-9,11-13H2. The number of benzene rings is 1. The summed E-state index contributed by atoms with van der Waals surface area (Å²) in [5.74, 6) is 1.34. The van der Waals surface area contributed by atoms with E-state index >= 15 is 0 Å². The van der Waals surface area contributed by atoms with Gasteiger partial charge in [-0.25, -0.2) is 18.7 Å². The van der Waals surface area contributed by atoms with E-state index in [1.807, 2.05) is 12.3 Å². The molecule has 1 fully saturated rings. The molecule has 3 aromatic rings. The van der Waals surface area contributed by atoms with E-state index in [-0.39, 0.29) is 6.04 Å². The van der Waals surface area contributed by atoms with E-state index in [0.29, 0.717) is 36.5 Å². The number of alkyl halides is 2. The van der Waals surface area contributed by atoms with Gasteiger partial charge in [0, 0.05) is 19.3 Å². The number of para-hydroxylation sites is 1. The molecule has 0 saturated carbocycles. The number of hydrogen-bond donors (Lipinski definition) is 0. The molecule has 0 radical (unpaired) electrons. The maximum Gasteiger partial charge on any atom is 0.261 e. The van der Waals surface area contributed by atoms with Crippen LogP contribution in [0.4, 0.5) is 8.78 Å². The molecule has 1 atom stereocenters. The molecule has 9 heteroatoms. The van der Waals surface area contributed by atoms with Gasteiger partial charge >= 0.3 is 0 Å². The van der Waals surface area contributed by atoms with Crippen molar-refractivity contribution in [2.45, 2.75) is 51.6 Å². The van der Waals surface area contributed by atoms with E-state index < -0.39 is 18.5 Å². The molecule has 0 spiro atoms. The molecule has 0 bridgehead atoms. The van der Waals surface area contributed by atoms with Gasteiger partial charge in [-0.1, -0.05) is 12.1 Å². The van der Waals surface area contributed by atoms with Crippen molar-refractivity contribution >= 4 is 10.9 Å². The third kappa shape index (κ3) is 3.41. The molecule has 2 aliphatic heterocycles. The minimum absolute atomic E-state index is 0.188. The summed E-state index contributed by atoms with van der Waals surface area (Å²) in [4.78, 5) is 24.4. The smallest absolute Gasteiger partial charge is 0.261 e. The molecule has 7 nitrogen and oxygen atoms in total. The van der Waals surface area contributed by atoms with Crippen LogP contribution < -0.4 is 5.56 Å². The minimum atomic E-state index is -2.62. The molecule has 1 unspecified atom stereocenters. The molecule has 158 valence electrons. The first-order valence-corrected chi connectivity index (χ1v) is 10.2. The Hall–Kier alpha value is -2.65. The van der Waals surface area contributed by atoms with Gasteiger partial charge in [0.1, 0.15) is 18.3 Å². The third-order valence-corrected chi connectivity index (χ3v) is 5.95. The number of aromatic nitrogens is 4. The molecule has 0 N–H and O–H groups in total. The normalized spacial score (nSPS) is 19.6. The molecule has 4 heterocycles. The fourth-order valence-electron chi connectivity index (χ4n) is 4.56. The Bertz CT molecular complexity index is 1130. The summed E-state index contributed by atoms with van der Waals surface area (Å²) in [5.41, 5.74) is 1.22. The lowest BCUT2D eigenvalue weighted by Crippen LogP contribution is -2.34. The second-order valence-corrected chi connectivity index (χ2v) is 7.79. The summed E-state index contributed by atoms with van der Waals surface area (Å²) in [7, 11) is 0. The van der Waals surface area contributed by atoms with Crippen LogP contribution in [0.5, 0.6) is 0 Å². The van der Waals surface area contributed by atoms with E-state index in [4.69, 9.17) is 4.74 Å². The summed E-state index contributed by atoms with van der Waals surface area (Å²) >= 11 is 0. The quantitative estimate of drug-likeness (QED) is 0.641. The molecular weight excluding hydrogens is 392 g/mol. The van der Waals surface area contributed by atoms with Crippen LogP contribution in [-0.2, 0) is 31.0 Å². The fraction of sp³-hybridized carbons (Fsp3) is 0.476. The second kappa shape index (κ2) is 7.88. The van der Waals surface area contributed by atoms with E-state index in [0.717, 1.165) is 37.4 Å². The first-order valence-electron chi connectivity index (χ1n) is 10.2. The van der Waals surface area contributed by atoms with E-state index in [9.17, 15) is 13.6 Å². The fourth-order valence-corrected chi connectivity index (χ4v) is 4.56. The Morgan fingerprint density at radius 2 is 2.10 bits per heavy atom. The highest BCUT2D eigenvalue weighted by Gasteiger charge is 2.32. The van der Waals surface area contributed by atoms with E-state index in [2.05, 4.69) is 19.4 Å². The lowest BCUT2D eigenvalue weighted by atomic mass is 10.1. The van der Waals surface area contributed by atoms with E-state index in [1.54, 1.807) is 18.2 Å². The number of fused-ring (bicyclic) bond motifs is 2. The van der Waals surface area contributed by atoms with Crippen molar-refractivity contribution in [1.29, 1.82) is 0 Å². The zero-order chi connectivity index (χ0) is 20.7. The monoisotopic (exact) mass is 415 g/mol. The number of imidazole rings is 1. The molecule has 0 aliphatic carbocycles. The number of hydrogen-bond acceptors (Lipinski definition) is 5. The first kappa shape index (κ1) is 19.3. The predicted octanol–water partition coefficient (Wildman–Crippen LogP) is 2.73. The Morgan fingerprint density at radius 3 is 2.97 bits per heavy atom. The Labute approximate surface area is 171 Å². The lowest BCUT2D eigenvalue weighted by molar-refractivity contribution is 0.0793. The van der Waals surface area contributed by atoms with Crippen molar-refractivity contribution in [3.8, 4) is 0 Å². The Balaban J connectivity index is 1.53. The van der Waals surface area contributed by atoms with Crippen LogP contribution in [0.2, 0.25) is 0 Å². The zero-order valence-corrected chi connectivity index (χ0v) is 16.5. The van der Waals surface area contributed by atoms with Crippen molar-refractivity contribution in [1.82, 2.24) is 24.0 Å². The average Bonchev–Trinajstić information content (AvgIpc) is 3.37. The van der Waals surface area contributed by atoms with Crippen molar-refractivity contribution < 1.29 is 13.5 Å². The topological polar surface area (TPSA) is 65.2 Å². The van der Waals surface area contributed by atoms with E-state index in [1.165, 1.54) is 4.57 Å². The Morgan fingerprint density at radius 1 is 1.23 bits per heavy atom. The van der Waals surface area contributed by atoms with Crippen LogP contribution in [0, 0.1) is 0 Å². The number of rotatable bonds is 5. The average molecular weight is 415 g/mol. The highest BCUT2D eigenvalue weighted by Crippen LogP contribution is 2.33. The van der Waals surface area contributed by atoms with Crippen LogP contribution in [0.1, 0.15) is 36.2 Å². The van der Waals surface area contributed by atoms with Gasteiger partial charge in [-0.3, -0.25) is 14.3 Å². The van der Waals surface area contributed by atoms with Gasteiger partial charge in [-0.05, 0) is 31.5 Å². The zero-order valence-electron chi connectivity index (χ0n) is 16.5. The SMILES string of the molecule is O=c1c2ccccc2nc(C2CCCN2Cc2cnc3n2CCOC3)n1CC(F)F. The summed E-state index contributed by atoms with van der Waals surface area (Å²) in [6.07, 6.45) is 0.935. The van der Waals surface area contributed by atoms with Crippen molar-refractivity contribution in [3.05, 3.63) is 58.2 Å².